The van der Waals surface area contributed by atoms with Crippen LogP contribution < -0.4 is 4.90 Å². The molecule has 1 fully saturated rings. The van der Waals surface area contributed by atoms with Crippen LogP contribution in [-0.2, 0) is 14.3 Å². The SMILES string of the molecule is CC1(C)CN(c2ccccc2)C(=O)[C@H]1OC(=O)C[C@@H](C[N+](=O)[O-])c1ccc(Cl)cc1. The van der Waals surface area contributed by atoms with Crippen LogP contribution in [0.25, 0.3) is 0 Å². The van der Waals surface area contributed by atoms with Gasteiger partial charge < -0.3 is 9.64 Å². The molecule has 0 aromatic heterocycles. The number of nitrogens with zero attached hydrogens (tertiary/aromatic N) is 2. The van der Waals surface area contributed by atoms with E-state index in [0.29, 0.717) is 17.1 Å². The van der Waals surface area contributed by atoms with Gasteiger partial charge in [-0.1, -0.05) is 55.8 Å². The third-order valence-electron chi connectivity index (χ3n) is 5.21. The van der Waals surface area contributed by atoms with Crippen molar-refractivity contribution in [1.82, 2.24) is 0 Å². The van der Waals surface area contributed by atoms with Gasteiger partial charge in [0.2, 0.25) is 6.54 Å². The molecule has 0 saturated carbocycles. The van der Waals surface area contributed by atoms with Crippen LogP contribution in [0.2, 0.25) is 5.02 Å². The molecule has 0 bridgehead atoms. The highest BCUT2D eigenvalue weighted by atomic mass is 35.5. The molecule has 0 aliphatic carbocycles. The molecule has 2 atom stereocenters. The van der Waals surface area contributed by atoms with Gasteiger partial charge in [-0.25, -0.2) is 0 Å². The van der Waals surface area contributed by atoms with Crippen molar-refractivity contribution in [3.8, 4) is 0 Å². The van der Waals surface area contributed by atoms with Gasteiger partial charge in [-0.2, -0.15) is 0 Å². The second-order valence-corrected chi connectivity index (χ2v) is 8.52. The molecule has 1 aliphatic heterocycles. The van der Waals surface area contributed by atoms with Crippen LogP contribution in [0.5, 0.6) is 0 Å². The van der Waals surface area contributed by atoms with Crippen LogP contribution in [0.3, 0.4) is 0 Å². The van der Waals surface area contributed by atoms with E-state index in [9.17, 15) is 19.7 Å². The zero-order chi connectivity index (χ0) is 21.9. The summed E-state index contributed by atoms with van der Waals surface area (Å²) in [7, 11) is 0. The molecule has 0 N–H and O–H groups in total. The van der Waals surface area contributed by atoms with Crippen LogP contribution >= 0.6 is 11.6 Å². The molecule has 0 unspecified atom stereocenters. The number of ether oxygens (including phenoxy) is 1. The van der Waals surface area contributed by atoms with Gasteiger partial charge in [-0.05, 0) is 29.8 Å². The van der Waals surface area contributed by atoms with E-state index >= 15 is 0 Å². The first-order chi connectivity index (χ1) is 14.2. The summed E-state index contributed by atoms with van der Waals surface area (Å²) in [5, 5.41) is 11.6. The Morgan fingerprint density at radius 1 is 1.23 bits per heavy atom. The fraction of sp³-hybridized carbons (Fsp3) is 0.364. The maximum absolute atomic E-state index is 13.0. The lowest BCUT2D eigenvalue weighted by Crippen LogP contribution is -2.36. The van der Waals surface area contributed by atoms with Gasteiger partial charge in [0.1, 0.15) is 0 Å². The molecular formula is C22H23ClN2O5. The molecule has 7 nitrogen and oxygen atoms in total. The topological polar surface area (TPSA) is 89.8 Å². The Kier molecular flexibility index (Phi) is 6.41. The highest BCUT2D eigenvalue weighted by Crippen LogP contribution is 2.36. The van der Waals surface area contributed by atoms with Crippen molar-refractivity contribution < 1.29 is 19.2 Å². The molecule has 1 saturated heterocycles. The quantitative estimate of drug-likeness (QED) is 0.375. The van der Waals surface area contributed by atoms with Gasteiger partial charge >= 0.3 is 5.97 Å². The lowest BCUT2D eigenvalue weighted by molar-refractivity contribution is -0.483. The first-order valence-electron chi connectivity index (χ1n) is 9.60. The van der Waals surface area contributed by atoms with E-state index in [-0.39, 0.29) is 12.3 Å². The first kappa shape index (κ1) is 21.8. The van der Waals surface area contributed by atoms with Crippen LogP contribution in [0.15, 0.2) is 54.6 Å². The fourth-order valence-corrected chi connectivity index (χ4v) is 3.79. The monoisotopic (exact) mass is 430 g/mol. The Balaban J connectivity index is 1.73. The van der Waals surface area contributed by atoms with E-state index in [0.717, 1.165) is 5.69 Å². The molecule has 0 spiro atoms. The summed E-state index contributed by atoms with van der Waals surface area (Å²) < 4.78 is 5.57. The molecule has 3 rings (SSSR count). The van der Waals surface area contributed by atoms with Gasteiger partial charge in [0.15, 0.2) is 6.10 Å². The number of hydrogen-bond donors (Lipinski definition) is 0. The standard InChI is InChI=1S/C22H23ClN2O5/c1-22(2)14-24(18-6-4-3-5-7-18)21(27)20(22)30-19(26)12-16(13-25(28)29)15-8-10-17(23)11-9-15/h3-11,16,20H,12-14H2,1-2H3/t16-,20+/m0/s1. The van der Waals surface area contributed by atoms with Gasteiger partial charge in [-0.3, -0.25) is 19.7 Å². The van der Waals surface area contributed by atoms with Crippen molar-refractivity contribution in [3.05, 3.63) is 75.3 Å². The van der Waals surface area contributed by atoms with Crippen LogP contribution in [0, 0.1) is 15.5 Å². The summed E-state index contributed by atoms with van der Waals surface area (Å²) in [6.07, 6.45) is -1.15. The smallest absolute Gasteiger partial charge is 0.307 e. The summed E-state index contributed by atoms with van der Waals surface area (Å²) in [6, 6.07) is 15.7. The highest BCUT2D eigenvalue weighted by Gasteiger charge is 2.49. The zero-order valence-electron chi connectivity index (χ0n) is 16.8. The molecule has 158 valence electrons. The van der Waals surface area contributed by atoms with E-state index in [4.69, 9.17) is 16.3 Å². The summed E-state index contributed by atoms with van der Waals surface area (Å²) in [6.45, 7) is 3.71. The molecule has 30 heavy (non-hydrogen) atoms. The second-order valence-electron chi connectivity index (χ2n) is 8.09. The third-order valence-corrected chi connectivity index (χ3v) is 5.46. The lowest BCUT2D eigenvalue weighted by atomic mass is 9.89. The van der Waals surface area contributed by atoms with E-state index in [1.165, 1.54) is 0 Å². The second kappa shape index (κ2) is 8.83. The highest BCUT2D eigenvalue weighted by molar-refractivity contribution is 6.30. The van der Waals surface area contributed by atoms with Crippen molar-refractivity contribution in [1.29, 1.82) is 0 Å². The molecule has 1 aliphatic rings. The van der Waals surface area contributed by atoms with Crippen molar-refractivity contribution in [2.45, 2.75) is 32.3 Å². The molecule has 1 amide bonds. The fourth-order valence-electron chi connectivity index (χ4n) is 3.66. The van der Waals surface area contributed by atoms with Gasteiger partial charge in [0.25, 0.3) is 5.91 Å². The number of para-hydroxylation sites is 1. The van der Waals surface area contributed by atoms with E-state index < -0.39 is 34.9 Å². The Morgan fingerprint density at radius 2 is 1.87 bits per heavy atom. The van der Waals surface area contributed by atoms with Crippen molar-refractivity contribution in [2.75, 3.05) is 18.0 Å². The molecule has 2 aromatic rings. The van der Waals surface area contributed by atoms with Crippen LogP contribution in [-0.4, -0.2) is 36.0 Å². The van der Waals surface area contributed by atoms with Crippen LogP contribution in [0.1, 0.15) is 31.7 Å². The average molecular weight is 431 g/mol. The van der Waals surface area contributed by atoms with Crippen molar-refractivity contribution >= 4 is 29.2 Å². The van der Waals surface area contributed by atoms with E-state index in [1.54, 1.807) is 29.2 Å². The summed E-state index contributed by atoms with van der Waals surface area (Å²) >= 11 is 5.89. The number of carbonyl (C=O) groups excluding carboxylic acids is 2. The number of amides is 1. The third kappa shape index (κ3) is 4.97. The summed E-state index contributed by atoms with van der Waals surface area (Å²) in [5.41, 5.74) is 0.763. The Hall–Kier alpha value is -2.93. The molecule has 2 aromatic carbocycles. The first-order valence-corrected chi connectivity index (χ1v) is 9.98. The van der Waals surface area contributed by atoms with E-state index in [1.807, 2.05) is 44.2 Å². The van der Waals surface area contributed by atoms with Gasteiger partial charge in [0.05, 0.1) is 12.3 Å². The minimum Gasteiger partial charge on any atom is -0.452 e. The van der Waals surface area contributed by atoms with Gasteiger partial charge in [-0.15, -0.1) is 0 Å². The number of rotatable bonds is 7. The average Bonchev–Trinajstić information content (AvgIpc) is 2.92. The van der Waals surface area contributed by atoms with Crippen LogP contribution in [0.4, 0.5) is 5.69 Å². The minimum atomic E-state index is -0.952. The number of halogens is 1. The van der Waals surface area contributed by atoms with Crippen molar-refractivity contribution in [2.24, 2.45) is 5.41 Å². The van der Waals surface area contributed by atoms with E-state index in [2.05, 4.69) is 0 Å². The lowest BCUT2D eigenvalue weighted by Gasteiger charge is -2.24. The normalized spacial score (nSPS) is 18.8. The largest absolute Gasteiger partial charge is 0.452 e. The maximum atomic E-state index is 13.0. The Labute approximate surface area is 179 Å². The molecular weight excluding hydrogens is 408 g/mol. The summed E-state index contributed by atoms with van der Waals surface area (Å²) in [5.74, 6) is -1.61. The summed E-state index contributed by atoms with van der Waals surface area (Å²) in [4.78, 5) is 37.9. The minimum absolute atomic E-state index is 0.201. The molecule has 1 heterocycles. The van der Waals surface area contributed by atoms with Gasteiger partial charge in [0, 0.05) is 27.6 Å². The maximum Gasteiger partial charge on any atom is 0.307 e. The Bertz CT molecular complexity index is 930. The number of nitro groups is 1. The predicted molar refractivity (Wildman–Crippen MR) is 113 cm³/mol. The van der Waals surface area contributed by atoms with Crippen molar-refractivity contribution in [3.63, 3.8) is 0 Å². The molecule has 8 heteroatoms. The molecule has 0 radical (unpaired) electrons. The predicted octanol–water partition coefficient (Wildman–Crippen LogP) is 4.08. The number of esters is 1. The Morgan fingerprint density at radius 3 is 2.47 bits per heavy atom. The number of hydrogen-bond acceptors (Lipinski definition) is 5. The number of carbonyl (C=O) groups is 2. The number of benzene rings is 2. The number of anilines is 1. The zero-order valence-corrected chi connectivity index (χ0v) is 17.5.